The van der Waals surface area contributed by atoms with Gasteiger partial charge in [-0.15, -0.1) is 0 Å². The second kappa shape index (κ2) is 13.7. The number of hydrogen-bond donors (Lipinski definition) is 5. The number of rotatable bonds is 14. The fourth-order valence-corrected chi connectivity index (χ4v) is 5.96. The second-order valence-corrected chi connectivity index (χ2v) is 11.7. The predicted octanol–water partition coefficient (Wildman–Crippen LogP) is 0.955. The average Bonchev–Trinajstić information content (AvgIpc) is 2.84. The molecule has 0 radical (unpaired) electrons. The van der Waals surface area contributed by atoms with E-state index < -0.39 is 67.2 Å². The molecule has 200 valence electrons. The number of benzene rings is 2. The van der Waals surface area contributed by atoms with E-state index in [0.29, 0.717) is 0 Å². The number of primary amides is 2. The highest BCUT2D eigenvalue weighted by molar-refractivity contribution is 7.58. The van der Waals surface area contributed by atoms with E-state index in [0.717, 1.165) is 11.1 Å². The molecular formula is C26H35N4O6P. The Morgan fingerprint density at radius 1 is 0.730 bits per heavy atom. The lowest BCUT2D eigenvalue weighted by molar-refractivity contribution is -0.129. The van der Waals surface area contributed by atoms with Gasteiger partial charge in [-0.05, 0) is 37.8 Å². The van der Waals surface area contributed by atoms with Gasteiger partial charge in [0.2, 0.25) is 31.0 Å². The molecule has 2 unspecified atom stereocenters. The summed E-state index contributed by atoms with van der Waals surface area (Å²) in [5.41, 5.74) is 12.1. The number of nitrogens with two attached hydrogens (primary N) is 2. The molecule has 37 heavy (non-hydrogen) atoms. The second-order valence-electron chi connectivity index (χ2n) is 9.25. The first kappa shape index (κ1) is 29.7. The fourth-order valence-electron chi connectivity index (χ4n) is 3.85. The monoisotopic (exact) mass is 530 g/mol. The minimum atomic E-state index is -4.07. The van der Waals surface area contributed by atoms with Crippen molar-refractivity contribution >= 4 is 31.0 Å². The standard InChI is InChI=1S/C26H35N4O6P/c1-17(23(27)31)29-25(33)21(13-19-9-5-3-6-10-19)15-37(35,36)16-22(14-20-11-7-4-8-12-20)26(34)30-18(2)24(28)32/h3-12,17-18,21-22H,13-16H2,1-2H3,(H2,27,31)(H2,28,32)(H,29,33)(H,30,34)(H,35,36)/t17-,18-,21?,22?/m0/s1. The third kappa shape index (κ3) is 10.2. The Labute approximate surface area is 216 Å². The molecule has 0 aliphatic carbocycles. The first-order valence-corrected chi connectivity index (χ1v) is 14.0. The van der Waals surface area contributed by atoms with Crippen LogP contribution in [0.4, 0.5) is 0 Å². The summed E-state index contributed by atoms with van der Waals surface area (Å²) in [6.07, 6.45) is -0.528. The van der Waals surface area contributed by atoms with Gasteiger partial charge in [0.25, 0.3) is 0 Å². The topological polar surface area (TPSA) is 182 Å². The third-order valence-electron chi connectivity index (χ3n) is 5.97. The maximum atomic E-state index is 13.5. The zero-order valence-corrected chi connectivity index (χ0v) is 21.9. The molecule has 0 aromatic heterocycles. The van der Waals surface area contributed by atoms with Gasteiger partial charge < -0.3 is 27.0 Å². The maximum Gasteiger partial charge on any atom is 0.239 e. The smallest absolute Gasteiger partial charge is 0.239 e. The van der Waals surface area contributed by atoms with E-state index in [1.54, 1.807) is 48.5 Å². The van der Waals surface area contributed by atoms with Gasteiger partial charge in [0.05, 0.1) is 11.8 Å². The van der Waals surface area contributed by atoms with E-state index in [1.165, 1.54) is 13.8 Å². The Morgan fingerprint density at radius 2 is 1.05 bits per heavy atom. The summed E-state index contributed by atoms with van der Waals surface area (Å²) in [4.78, 5) is 59.9. The molecule has 0 saturated heterocycles. The number of hydrogen-bond acceptors (Lipinski definition) is 5. The van der Waals surface area contributed by atoms with Gasteiger partial charge in [-0.2, -0.15) is 0 Å². The first-order valence-electron chi connectivity index (χ1n) is 12.0. The molecule has 0 fully saturated rings. The van der Waals surface area contributed by atoms with Crippen molar-refractivity contribution in [1.29, 1.82) is 0 Å². The van der Waals surface area contributed by atoms with Crippen molar-refractivity contribution in [1.82, 2.24) is 10.6 Å². The van der Waals surface area contributed by atoms with Gasteiger partial charge in [-0.25, -0.2) is 0 Å². The molecule has 0 spiro atoms. The summed E-state index contributed by atoms with van der Waals surface area (Å²) in [7, 11) is -4.07. The van der Waals surface area contributed by atoms with E-state index in [4.69, 9.17) is 11.5 Å². The van der Waals surface area contributed by atoms with Crippen molar-refractivity contribution in [3.05, 3.63) is 71.8 Å². The van der Waals surface area contributed by atoms with Crippen LogP contribution in [0.15, 0.2) is 60.7 Å². The third-order valence-corrected chi connectivity index (χ3v) is 8.00. The van der Waals surface area contributed by atoms with Gasteiger partial charge in [0.1, 0.15) is 12.1 Å². The molecule has 10 nitrogen and oxygen atoms in total. The lowest BCUT2D eigenvalue weighted by Gasteiger charge is -2.25. The highest BCUT2D eigenvalue weighted by atomic mass is 31.2. The van der Waals surface area contributed by atoms with Crippen LogP contribution in [0.5, 0.6) is 0 Å². The number of carbonyl (C=O) groups excluding carboxylic acids is 4. The zero-order chi connectivity index (χ0) is 27.6. The van der Waals surface area contributed by atoms with E-state index >= 15 is 0 Å². The summed E-state index contributed by atoms with van der Waals surface area (Å²) in [6, 6.07) is 16.0. The predicted molar refractivity (Wildman–Crippen MR) is 140 cm³/mol. The van der Waals surface area contributed by atoms with Crippen LogP contribution in [0, 0.1) is 11.8 Å². The lowest BCUT2D eigenvalue weighted by Crippen LogP contribution is -2.46. The molecule has 4 amide bonds. The zero-order valence-electron chi connectivity index (χ0n) is 21.0. The van der Waals surface area contributed by atoms with Crippen LogP contribution in [0.3, 0.4) is 0 Å². The number of nitrogens with one attached hydrogen (secondary N) is 2. The molecule has 0 heterocycles. The first-order chi connectivity index (χ1) is 17.4. The average molecular weight is 531 g/mol. The minimum Gasteiger partial charge on any atom is -0.368 e. The van der Waals surface area contributed by atoms with Crippen molar-refractivity contribution in [2.45, 2.75) is 38.8 Å². The Bertz CT molecular complexity index is 1040. The lowest BCUT2D eigenvalue weighted by atomic mass is 9.99. The van der Waals surface area contributed by atoms with Gasteiger partial charge >= 0.3 is 0 Å². The minimum absolute atomic E-state index is 0.150. The van der Waals surface area contributed by atoms with Crippen LogP contribution in [-0.2, 0) is 36.6 Å². The maximum absolute atomic E-state index is 13.5. The SMILES string of the molecule is C[C@H](NC(=O)C(Cc1ccccc1)CP(=O)(O)CC(Cc1ccccc1)C(=O)N[C@@H](C)C(N)=O)C(N)=O. The van der Waals surface area contributed by atoms with Crippen LogP contribution in [0.25, 0.3) is 0 Å². The van der Waals surface area contributed by atoms with Crippen molar-refractivity contribution in [3.63, 3.8) is 0 Å². The molecular weight excluding hydrogens is 495 g/mol. The molecule has 0 bridgehead atoms. The Hall–Kier alpha value is -3.49. The molecule has 0 saturated carbocycles. The van der Waals surface area contributed by atoms with Crippen molar-refractivity contribution < 1.29 is 28.6 Å². The fraction of sp³-hybridized carbons (Fsp3) is 0.385. The van der Waals surface area contributed by atoms with Gasteiger partial charge in [0, 0.05) is 12.3 Å². The summed E-state index contributed by atoms with van der Waals surface area (Å²) in [5.74, 6) is -4.55. The largest absolute Gasteiger partial charge is 0.368 e. The molecule has 7 N–H and O–H groups in total. The molecule has 11 heteroatoms. The van der Waals surface area contributed by atoms with Crippen LogP contribution in [0.2, 0.25) is 0 Å². The molecule has 0 aliphatic rings. The summed E-state index contributed by atoms with van der Waals surface area (Å²) in [6.45, 7) is 2.86. The highest BCUT2D eigenvalue weighted by Crippen LogP contribution is 2.45. The van der Waals surface area contributed by atoms with Gasteiger partial charge in [-0.3, -0.25) is 23.7 Å². The van der Waals surface area contributed by atoms with E-state index in [9.17, 15) is 28.6 Å². The summed E-state index contributed by atoms with van der Waals surface area (Å²) < 4.78 is 13.5. The molecule has 4 atom stereocenters. The quantitative estimate of drug-likeness (QED) is 0.227. The van der Waals surface area contributed by atoms with Crippen molar-refractivity contribution in [3.8, 4) is 0 Å². The van der Waals surface area contributed by atoms with E-state index in [1.807, 2.05) is 12.1 Å². The summed E-state index contributed by atoms with van der Waals surface area (Å²) in [5, 5.41) is 5.00. The molecule has 0 aliphatic heterocycles. The molecule has 2 aromatic carbocycles. The van der Waals surface area contributed by atoms with Crippen LogP contribution in [-0.4, -0.2) is 52.9 Å². The summed E-state index contributed by atoms with van der Waals surface area (Å²) >= 11 is 0. The number of amides is 4. The number of carbonyl (C=O) groups is 4. The van der Waals surface area contributed by atoms with Crippen LogP contribution >= 0.6 is 7.37 Å². The van der Waals surface area contributed by atoms with Crippen LogP contribution in [0.1, 0.15) is 25.0 Å². The Kier molecular flexibility index (Phi) is 11.0. The Morgan fingerprint density at radius 3 is 1.35 bits per heavy atom. The van der Waals surface area contributed by atoms with Crippen molar-refractivity contribution in [2.24, 2.45) is 23.3 Å². The van der Waals surface area contributed by atoms with E-state index in [2.05, 4.69) is 10.6 Å². The van der Waals surface area contributed by atoms with Crippen LogP contribution < -0.4 is 22.1 Å². The molecule has 2 aromatic rings. The van der Waals surface area contributed by atoms with Gasteiger partial charge in [-0.1, -0.05) is 60.7 Å². The highest BCUT2D eigenvalue weighted by Gasteiger charge is 2.35. The molecule has 2 rings (SSSR count). The van der Waals surface area contributed by atoms with Crippen molar-refractivity contribution in [2.75, 3.05) is 12.3 Å². The normalized spacial score (nSPS) is 15.9. The van der Waals surface area contributed by atoms with Gasteiger partial charge in [0.15, 0.2) is 0 Å². The Balaban J connectivity index is 2.27. The van der Waals surface area contributed by atoms with E-state index in [-0.39, 0.29) is 12.8 Å².